The van der Waals surface area contributed by atoms with Gasteiger partial charge in [-0.2, -0.15) is 0 Å². The molecule has 0 radical (unpaired) electrons. The van der Waals surface area contributed by atoms with Gasteiger partial charge in [-0.1, -0.05) is 0 Å². The van der Waals surface area contributed by atoms with E-state index in [0.29, 0.717) is 6.04 Å². The summed E-state index contributed by atoms with van der Waals surface area (Å²) in [5.74, 6) is -0.924. The van der Waals surface area contributed by atoms with E-state index in [0.717, 1.165) is 25.5 Å². The Bertz CT molecular complexity index is 203. The molecule has 2 unspecified atom stereocenters. The van der Waals surface area contributed by atoms with Crippen LogP contribution in [-0.2, 0) is 9.53 Å². The summed E-state index contributed by atoms with van der Waals surface area (Å²) >= 11 is 0. The van der Waals surface area contributed by atoms with E-state index < -0.39 is 5.97 Å². The first-order chi connectivity index (χ1) is 6.18. The van der Waals surface area contributed by atoms with Crippen LogP contribution in [0.1, 0.15) is 19.8 Å². The lowest BCUT2D eigenvalue weighted by Gasteiger charge is -2.27. The van der Waals surface area contributed by atoms with Gasteiger partial charge in [0.25, 0.3) is 0 Å². The molecule has 0 aliphatic carbocycles. The molecule has 0 bridgehead atoms. The smallest absolute Gasteiger partial charge is 0.329 e. The highest BCUT2D eigenvalue weighted by Gasteiger charge is 2.17. The van der Waals surface area contributed by atoms with E-state index in [1.54, 1.807) is 0 Å². The number of carbonyl (C=O) groups is 1. The van der Waals surface area contributed by atoms with E-state index in [-0.39, 0.29) is 6.10 Å². The third-order valence-electron chi connectivity index (χ3n) is 2.04. The molecule has 74 valence electrons. The second kappa shape index (κ2) is 4.87. The average molecular weight is 185 g/mol. The molecule has 1 heterocycles. The topological polar surface area (TPSA) is 58.6 Å². The van der Waals surface area contributed by atoms with Crippen LogP contribution in [-0.4, -0.2) is 29.8 Å². The minimum absolute atomic E-state index is 0.268. The number of hydrogen-bond donors (Lipinski definition) is 2. The summed E-state index contributed by atoms with van der Waals surface area (Å²) in [4.78, 5) is 10.2. The van der Waals surface area contributed by atoms with Gasteiger partial charge >= 0.3 is 5.97 Å². The maximum absolute atomic E-state index is 10.2. The van der Waals surface area contributed by atoms with Gasteiger partial charge in [-0.25, -0.2) is 4.79 Å². The second-order valence-corrected chi connectivity index (χ2v) is 3.24. The molecule has 2 atom stereocenters. The van der Waals surface area contributed by atoms with Crippen LogP contribution in [0.3, 0.4) is 0 Å². The summed E-state index contributed by atoms with van der Waals surface area (Å²) in [6.45, 7) is 2.77. The molecule has 0 saturated carbocycles. The zero-order valence-corrected chi connectivity index (χ0v) is 7.69. The van der Waals surface area contributed by atoms with E-state index >= 15 is 0 Å². The monoisotopic (exact) mass is 185 g/mol. The van der Waals surface area contributed by atoms with Gasteiger partial charge in [0.2, 0.25) is 0 Å². The number of ether oxygens (including phenoxy) is 1. The first-order valence-corrected chi connectivity index (χ1v) is 4.45. The highest BCUT2D eigenvalue weighted by molar-refractivity contribution is 5.79. The molecule has 0 spiro atoms. The van der Waals surface area contributed by atoms with Crippen LogP contribution in [0.15, 0.2) is 12.3 Å². The van der Waals surface area contributed by atoms with Crippen molar-refractivity contribution in [3.05, 3.63) is 12.3 Å². The summed E-state index contributed by atoms with van der Waals surface area (Å²) in [5.41, 5.74) is 0. The molecule has 4 heteroatoms. The summed E-state index contributed by atoms with van der Waals surface area (Å²) in [6, 6.07) is 0.347. The Hall–Kier alpha value is -1.03. The highest BCUT2D eigenvalue weighted by Crippen LogP contribution is 2.12. The molecule has 13 heavy (non-hydrogen) atoms. The SMILES string of the molecule is CC1CC(N/C=C/C(=O)O)CCO1. The minimum atomic E-state index is -0.924. The van der Waals surface area contributed by atoms with Crippen LogP contribution in [0, 0.1) is 0 Å². The van der Waals surface area contributed by atoms with Crippen LogP contribution in [0.2, 0.25) is 0 Å². The fourth-order valence-electron chi connectivity index (χ4n) is 1.40. The standard InChI is InChI=1S/C9H15NO3/c1-7-6-8(3-5-13-7)10-4-2-9(11)12/h2,4,7-8,10H,3,5-6H2,1H3,(H,11,12)/b4-2+. The van der Waals surface area contributed by atoms with Crippen molar-refractivity contribution in [2.75, 3.05) is 6.61 Å². The van der Waals surface area contributed by atoms with Crippen LogP contribution in [0.25, 0.3) is 0 Å². The summed E-state index contributed by atoms with van der Waals surface area (Å²) < 4.78 is 5.36. The molecule has 4 nitrogen and oxygen atoms in total. The largest absolute Gasteiger partial charge is 0.478 e. The molecule has 1 saturated heterocycles. The third kappa shape index (κ3) is 3.94. The highest BCUT2D eigenvalue weighted by atomic mass is 16.5. The van der Waals surface area contributed by atoms with Crippen molar-refractivity contribution < 1.29 is 14.6 Å². The Morgan fingerprint density at radius 2 is 2.46 bits per heavy atom. The van der Waals surface area contributed by atoms with E-state index in [1.807, 2.05) is 6.92 Å². The van der Waals surface area contributed by atoms with Gasteiger partial charge in [0.1, 0.15) is 0 Å². The first-order valence-electron chi connectivity index (χ1n) is 4.45. The maximum Gasteiger partial charge on any atom is 0.329 e. The van der Waals surface area contributed by atoms with Crippen molar-refractivity contribution in [1.29, 1.82) is 0 Å². The summed E-state index contributed by atoms with van der Waals surface area (Å²) in [7, 11) is 0. The van der Waals surface area contributed by atoms with E-state index in [9.17, 15) is 4.79 Å². The molecular weight excluding hydrogens is 170 g/mol. The van der Waals surface area contributed by atoms with Crippen LogP contribution >= 0.6 is 0 Å². The Labute approximate surface area is 77.6 Å². The van der Waals surface area contributed by atoms with Crippen LogP contribution in [0.4, 0.5) is 0 Å². The lowest BCUT2D eigenvalue weighted by Crippen LogP contribution is -2.35. The van der Waals surface area contributed by atoms with Crippen molar-refractivity contribution in [2.45, 2.75) is 31.9 Å². The second-order valence-electron chi connectivity index (χ2n) is 3.24. The zero-order valence-electron chi connectivity index (χ0n) is 7.69. The molecule has 1 rings (SSSR count). The van der Waals surface area contributed by atoms with Crippen LogP contribution in [0.5, 0.6) is 0 Å². The molecule has 2 N–H and O–H groups in total. The predicted octanol–water partition coefficient (Wildman–Crippen LogP) is 0.742. The predicted molar refractivity (Wildman–Crippen MR) is 48.3 cm³/mol. The van der Waals surface area contributed by atoms with E-state index in [1.165, 1.54) is 6.20 Å². The van der Waals surface area contributed by atoms with E-state index in [2.05, 4.69) is 5.32 Å². The molecule has 0 aromatic carbocycles. The molecule has 0 aromatic rings. The fourth-order valence-corrected chi connectivity index (χ4v) is 1.40. The van der Waals surface area contributed by atoms with Crippen LogP contribution < -0.4 is 5.32 Å². The summed E-state index contributed by atoms with van der Waals surface area (Å²) in [5, 5.41) is 11.4. The van der Waals surface area contributed by atoms with E-state index in [4.69, 9.17) is 9.84 Å². The number of hydrogen-bond acceptors (Lipinski definition) is 3. The van der Waals surface area contributed by atoms with Gasteiger partial charge in [0.15, 0.2) is 0 Å². The zero-order chi connectivity index (χ0) is 9.68. The molecule has 1 aliphatic heterocycles. The maximum atomic E-state index is 10.2. The molecule has 0 aromatic heterocycles. The number of nitrogens with one attached hydrogen (secondary N) is 1. The van der Waals surface area contributed by atoms with Crippen molar-refractivity contribution in [3.8, 4) is 0 Å². The number of rotatable bonds is 3. The average Bonchev–Trinajstić information content (AvgIpc) is 2.03. The first kappa shape index (κ1) is 10.1. The van der Waals surface area contributed by atoms with Crippen molar-refractivity contribution in [3.63, 3.8) is 0 Å². The minimum Gasteiger partial charge on any atom is -0.478 e. The molecule has 0 amide bonds. The quantitative estimate of drug-likeness (QED) is 0.637. The Morgan fingerprint density at radius 1 is 1.69 bits per heavy atom. The fraction of sp³-hybridized carbons (Fsp3) is 0.667. The van der Waals surface area contributed by atoms with Gasteiger partial charge in [-0.3, -0.25) is 0 Å². The Morgan fingerprint density at radius 3 is 3.08 bits per heavy atom. The number of carboxylic acid groups (broad SMARTS) is 1. The molecule has 1 aliphatic rings. The van der Waals surface area contributed by atoms with Gasteiger partial charge in [0.05, 0.1) is 6.10 Å². The van der Waals surface area contributed by atoms with Gasteiger partial charge in [-0.05, 0) is 19.8 Å². The lowest BCUT2D eigenvalue weighted by molar-refractivity contribution is -0.131. The van der Waals surface area contributed by atoms with Crippen molar-refractivity contribution >= 4 is 5.97 Å². The molecular formula is C9H15NO3. The lowest BCUT2D eigenvalue weighted by atomic mass is 10.0. The van der Waals surface area contributed by atoms with Crippen molar-refractivity contribution in [1.82, 2.24) is 5.32 Å². The molecule has 1 fully saturated rings. The Kier molecular flexibility index (Phi) is 3.76. The van der Waals surface area contributed by atoms with Gasteiger partial charge < -0.3 is 15.2 Å². The normalized spacial score (nSPS) is 29.0. The van der Waals surface area contributed by atoms with Gasteiger partial charge in [-0.15, -0.1) is 0 Å². The number of aliphatic carboxylic acids is 1. The number of carboxylic acids is 1. The van der Waals surface area contributed by atoms with Crippen molar-refractivity contribution in [2.24, 2.45) is 0 Å². The Balaban J connectivity index is 2.24. The third-order valence-corrected chi connectivity index (χ3v) is 2.04. The summed E-state index contributed by atoms with van der Waals surface area (Å²) in [6.07, 6.45) is 4.74. The van der Waals surface area contributed by atoms with Gasteiger partial charge in [0, 0.05) is 24.9 Å².